The minimum atomic E-state index is -0.685. The maximum atomic E-state index is 12.1. The molecule has 0 aromatic heterocycles. The van der Waals surface area contributed by atoms with Crippen molar-refractivity contribution < 1.29 is 9.90 Å². The van der Waals surface area contributed by atoms with Crippen LogP contribution in [0.25, 0.3) is 0 Å². The molecule has 4 nitrogen and oxygen atoms in total. The van der Waals surface area contributed by atoms with E-state index in [2.05, 4.69) is 5.32 Å². The van der Waals surface area contributed by atoms with E-state index in [0.29, 0.717) is 0 Å². The average molecular weight is 226 g/mol. The van der Waals surface area contributed by atoms with Crippen molar-refractivity contribution in [2.24, 2.45) is 5.73 Å². The zero-order chi connectivity index (χ0) is 11.6. The monoisotopic (exact) mass is 226 g/mol. The van der Waals surface area contributed by atoms with Gasteiger partial charge in [-0.05, 0) is 32.1 Å². The molecule has 2 aliphatic carbocycles. The van der Waals surface area contributed by atoms with Crippen molar-refractivity contribution in [3.05, 3.63) is 0 Å². The highest BCUT2D eigenvalue weighted by Crippen LogP contribution is 2.33. The van der Waals surface area contributed by atoms with Gasteiger partial charge in [0.05, 0.1) is 17.7 Å². The predicted molar refractivity (Wildman–Crippen MR) is 61.8 cm³/mol. The summed E-state index contributed by atoms with van der Waals surface area (Å²) in [5.41, 5.74) is 5.10. The number of hydrogen-bond acceptors (Lipinski definition) is 3. The SMILES string of the molecule is NC1(C(=O)NC2(CO)CCC2)CCCCC1. The van der Waals surface area contributed by atoms with E-state index in [4.69, 9.17) is 5.73 Å². The quantitative estimate of drug-likeness (QED) is 0.662. The lowest BCUT2D eigenvalue weighted by molar-refractivity contribution is -0.131. The Hall–Kier alpha value is -0.610. The van der Waals surface area contributed by atoms with Crippen LogP contribution in [0.5, 0.6) is 0 Å². The Morgan fingerprint density at radius 3 is 2.19 bits per heavy atom. The molecule has 92 valence electrons. The number of amides is 1. The molecule has 16 heavy (non-hydrogen) atoms. The van der Waals surface area contributed by atoms with Gasteiger partial charge in [0.1, 0.15) is 0 Å². The molecule has 0 heterocycles. The van der Waals surface area contributed by atoms with Gasteiger partial charge in [0.25, 0.3) is 0 Å². The lowest BCUT2D eigenvalue weighted by Crippen LogP contribution is -2.64. The summed E-state index contributed by atoms with van der Waals surface area (Å²) >= 11 is 0. The van der Waals surface area contributed by atoms with Gasteiger partial charge in [-0.1, -0.05) is 19.3 Å². The number of aliphatic hydroxyl groups excluding tert-OH is 1. The Morgan fingerprint density at radius 1 is 1.12 bits per heavy atom. The lowest BCUT2D eigenvalue weighted by Gasteiger charge is -2.44. The van der Waals surface area contributed by atoms with Crippen molar-refractivity contribution in [1.29, 1.82) is 0 Å². The van der Waals surface area contributed by atoms with Crippen molar-refractivity contribution in [2.75, 3.05) is 6.61 Å². The van der Waals surface area contributed by atoms with Crippen LogP contribution >= 0.6 is 0 Å². The van der Waals surface area contributed by atoms with Crippen LogP contribution in [-0.4, -0.2) is 28.7 Å². The maximum absolute atomic E-state index is 12.1. The number of hydrogen-bond donors (Lipinski definition) is 3. The van der Waals surface area contributed by atoms with Gasteiger partial charge in [-0.15, -0.1) is 0 Å². The first-order chi connectivity index (χ1) is 7.60. The number of carbonyl (C=O) groups excluding carboxylic acids is 1. The summed E-state index contributed by atoms with van der Waals surface area (Å²) in [7, 11) is 0. The second-order valence-electron chi connectivity index (χ2n) is 5.46. The highest BCUT2D eigenvalue weighted by Gasteiger charge is 2.43. The Balaban J connectivity index is 1.96. The molecule has 0 atom stereocenters. The topological polar surface area (TPSA) is 75.4 Å². The van der Waals surface area contributed by atoms with E-state index >= 15 is 0 Å². The summed E-state index contributed by atoms with van der Waals surface area (Å²) in [4.78, 5) is 12.1. The summed E-state index contributed by atoms with van der Waals surface area (Å²) in [6.45, 7) is 0.0365. The molecule has 2 rings (SSSR count). The van der Waals surface area contributed by atoms with Crippen LogP contribution in [0.4, 0.5) is 0 Å². The van der Waals surface area contributed by atoms with Crippen molar-refractivity contribution in [1.82, 2.24) is 5.32 Å². The third kappa shape index (κ3) is 2.09. The van der Waals surface area contributed by atoms with Crippen LogP contribution in [0.15, 0.2) is 0 Å². The van der Waals surface area contributed by atoms with Gasteiger partial charge in [-0.25, -0.2) is 0 Å². The number of aliphatic hydroxyl groups is 1. The van der Waals surface area contributed by atoms with E-state index in [1.54, 1.807) is 0 Å². The molecule has 0 spiro atoms. The fourth-order valence-corrected chi connectivity index (χ4v) is 2.70. The molecule has 0 aromatic carbocycles. The largest absolute Gasteiger partial charge is 0.394 e. The van der Waals surface area contributed by atoms with Crippen LogP contribution < -0.4 is 11.1 Å². The molecule has 0 unspecified atom stereocenters. The second kappa shape index (κ2) is 4.34. The molecule has 0 radical (unpaired) electrons. The molecule has 0 saturated heterocycles. The van der Waals surface area contributed by atoms with Gasteiger partial charge in [-0.3, -0.25) is 4.79 Å². The molecule has 2 saturated carbocycles. The minimum absolute atomic E-state index is 0.0365. The van der Waals surface area contributed by atoms with Gasteiger partial charge in [0.2, 0.25) is 5.91 Å². The van der Waals surface area contributed by atoms with E-state index in [1.807, 2.05) is 0 Å². The number of nitrogens with one attached hydrogen (secondary N) is 1. The smallest absolute Gasteiger partial charge is 0.240 e. The fourth-order valence-electron chi connectivity index (χ4n) is 2.70. The van der Waals surface area contributed by atoms with E-state index < -0.39 is 5.54 Å². The molecular weight excluding hydrogens is 204 g/mol. The Kier molecular flexibility index (Phi) is 3.22. The normalized spacial score (nSPS) is 26.9. The first-order valence-electron chi connectivity index (χ1n) is 6.33. The van der Waals surface area contributed by atoms with E-state index in [0.717, 1.165) is 44.9 Å². The maximum Gasteiger partial charge on any atom is 0.240 e. The van der Waals surface area contributed by atoms with Crippen molar-refractivity contribution in [2.45, 2.75) is 62.4 Å². The van der Waals surface area contributed by atoms with Crippen LogP contribution in [-0.2, 0) is 4.79 Å². The number of carbonyl (C=O) groups is 1. The summed E-state index contributed by atoms with van der Waals surface area (Å²) < 4.78 is 0. The molecule has 2 aliphatic rings. The Bertz CT molecular complexity index is 263. The summed E-state index contributed by atoms with van der Waals surface area (Å²) in [5, 5.41) is 12.3. The van der Waals surface area contributed by atoms with Gasteiger partial charge in [0, 0.05) is 0 Å². The number of nitrogens with two attached hydrogens (primary N) is 1. The molecule has 0 aromatic rings. The third-order valence-corrected chi connectivity index (χ3v) is 4.19. The molecule has 1 amide bonds. The highest BCUT2D eigenvalue weighted by atomic mass is 16.3. The summed E-state index contributed by atoms with van der Waals surface area (Å²) in [6, 6.07) is 0. The molecule has 0 aliphatic heterocycles. The Morgan fingerprint density at radius 2 is 1.75 bits per heavy atom. The highest BCUT2D eigenvalue weighted by molar-refractivity contribution is 5.86. The second-order valence-corrected chi connectivity index (χ2v) is 5.46. The summed E-state index contributed by atoms with van der Waals surface area (Å²) in [5.74, 6) is -0.0547. The molecular formula is C12H22N2O2. The molecule has 0 bridgehead atoms. The Labute approximate surface area is 96.6 Å². The van der Waals surface area contributed by atoms with Gasteiger partial charge in [-0.2, -0.15) is 0 Å². The molecule has 4 heteroatoms. The molecule has 2 fully saturated rings. The van der Waals surface area contributed by atoms with E-state index in [-0.39, 0.29) is 18.1 Å². The third-order valence-electron chi connectivity index (χ3n) is 4.19. The first-order valence-corrected chi connectivity index (χ1v) is 6.33. The average Bonchev–Trinajstić information content (AvgIpc) is 2.24. The first kappa shape index (κ1) is 11.9. The van der Waals surface area contributed by atoms with Crippen LogP contribution in [0, 0.1) is 0 Å². The van der Waals surface area contributed by atoms with Crippen molar-refractivity contribution in [3.63, 3.8) is 0 Å². The standard InChI is InChI=1S/C12H22N2O2/c13-12(7-2-1-3-8-12)10(16)14-11(9-15)5-4-6-11/h15H,1-9,13H2,(H,14,16). The number of rotatable bonds is 3. The van der Waals surface area contributed by atoms with Gasteiger partial charge < -0.3 is 16.2 Å². The van der Waals surface area contributed by atoms with Crippen LogP contribution in [0.3, 0.4) is 0 Å². The summed E-state index contributed by atoms with van der Waals surface area (Å²) in [6.07, 6.45) is 7.65. The molecule has 4 N–H and O–H groups in total. The van der Waals surface area contributed by atoms with Gasteiger partial charge >= 0.3 is 0 Å². The van der Waals surface area contributed by atoms with Crippen molar-refractivity contribution in [3.8, 4) is 0 Å². The van der Waals surface area contributed by atoms with Crippen LogP contribution in [0.1, 0.15) is 51.4 Å². The minimum Gasteiger partial charge on any atom is -0.394 e. The van der Waals surface area contributed by atoms with E-state index in [9.17, 15) is 9.90 Å². The van der Waals surface area contributed by atoms with Gasteiger partial charge in [0.15, 0.2) is 0 Å². The van der Waals surface area contributed by atoms with E-state index in [1.165, 1.54) is 6.42 Å². The van der Waals surface area contributed by atoms with Crippen molar-refractivity contribution >= 4 is 5.91 Å². The lowest BCUT2D eigenvalue weighted by atomic mass is 9.75. The zero-order valence-electron chi connectivity index (χ0n) is 9.80. The zero-order valence-corrected chi connectivity index (χ0v) is 9.80. The predicted octanol–water partition coefficient (Wildman–Crippen LogP) is 0.679. The fraction of sp³-hybridized carbons (Fsp3) is 0.917. The van der Waals surface area contributed by atoms with Crippen LogP contribution in [0.2, 0.25) is 0 Å².